The Bertz CT molecular complexity index is 966. The van der Waals surface area contributed by atoms with Gasteiger partial charge in [0.25, 0.3) is 11.6 Å². The largest absolute Gasteiger partial charge is 0.493 e. The maximum Gasteiger partial charge on any atom is 0.271 e. The summed E-state index contributed by atoms with van der Waals surface area (Å²) < 4.78 is 10.3. The highest BCUT2D eigenvalue weighted by Crippen LogP contribution is 2.29. The lowest BCUT2D eigenvalue weighted by Gasteiger charge is -2.09. The number of benzene rings is 2. The van der Waals surface area contributed by atoms with Crippen molar-refractivity contribution >= 4 is 35.0 Å². The van der Waals surface area contributed by atoms with Crippen LogP contribution in [-0.2, 0) is 4.79 Å². The van der Waals surface area contributed by atoms with E-state index < -0.39 is 10.8 Å². The molecule has 0 spiro atoms. The van der Waals surface area contributed by atoms with Crippen molar-refractivity contribution in [2.75, 3.05) is 19.5 Å². The van der Waals surface area contributed by atoms with Crippen molar-refractivity contribution in [1.82, 2.24) is 0 Å². The molecule has 0 radical (unpaired) electrons. The molecule has 1 N–H and O–H groups in total. The van der Waals surface area contributed by atoms with Gasteiger partial charge in [-0.2, -0.15) is 5.26 Å². The van der Waals surface area contributed by atoms with Crippen LogP contribution < -0.4 is 14.8 Å². The number of ether oxygens (including phenoxy) is 2. The number of amides is 1. The summed E-state index contributed by atoms with van der Waals surface area (Å²) in [7, 11) is 2.97. The number of nitrogens with one attached hydrogen (secondary N) is 1. The third-order valence-electron chi connectivity index (χ3n) is 3.50. The average Bonchev–Trinajstić information content (AvgIpc) is 2.67. The van der Waals surface area contributed by atoms with Crippen molar-refractivity contribution in [1.29, 1.82) is 5.26 Å². The summed E-state index contributed by atoms with van der Waals surface area (Å²) in [5, 5.41) is 22.5. The Labute approximate surface area is 159 Å². The van der Waals surface area contributed by atoms with Gasteiger partial charge in [-0.3, -0.25) is 14.9 Å². The van der Waals surface area contributed by atoms with Gasteiger partial charge < -0.3 is 14.8 Å². The number of nitro groups is 1. The van der Waals surface area contributed by atoms with E-state index in [1.54, 1.807) is 18.2 Å². The minimum absolute atomic E-state index is 0.0130. The highest BCUT2D eigenvalue weighted by Gasteiger charge is 2.15. The molecular weight excluding hydrogens is 374 g/mol. The predicted molar refractivity (Wildman–Crippen MR) is 99.9 cm³/mol. The summed E-state index contributed by atoms with van der Waals surface area (Å²) in [6.07, 6.45) is 1.37. The number of carbonyl (C=O) groups is 1. The molecule has 0 bridgehead atoms. The number of anilines is 1. The first-order chi connectivity index (χ1) is 12.9. The second kappa shape index (κ2) is 8.69. The number of nitrogens with zero attached hydrogens (tertiary/aromatic N) is 2. The smallest absolute Gasteiger partial charge is 0.271 e. The third kappa shape index (κ3) is 4.74. The Morgan fingerprint density at radius 2 is 1.93 bits per heavy atom. The second-order valence-electron chi connectivity index (χ2n) is 5.16. The molecule has 0 saturated carbocycles. The molecule has 0 aliphatic carbocycles. The molecule has 0 fully saturated rings. The van der Waals surface area contributed by atoms with E-state index in [4.69, 9.17) is 21.1 Å². The Hall–Kier alpha value is -3.57. The maximum absolute atomic E-state index is 12.3. The van der Waals surface area contributed by atoms with E-state index in [1.165, 1.54) is 32.4 Å². The van der Waals surface area contributed by atoms with Crippen LogP contribution in [0.15, 0.2) is 42.0 Å². The van der Waals surface area contributed by atoms with Gasteiger partial charge in [-0.15, -0.1) is 0 Å². The van der Waals surface area contributed by atoms with Crippen molar-refractivity contribution in [2.45, 2.75) is 0 Å². The van der Waals surface area contributed by atoms with E-state index in [1.807, 2.05) is 6.07 Å². The molecule has 1 amide bonds. The first-order valence-electron chi connectivity index (χ1n) is 7.48. The number of hydrogen-bond donors (Lipinski definition) is 1. The fourth-order valence-electron chi connectivity index (χ4n) is 2.17. The van der Waals surface area contributed by atoms with E-state index in [9.17, 15) is 20.2 Å². The van der Waals surface area contributed by atoms with Gasteiger partial charge in [0.1, 0.15) is 11.6 Å². The molecule has 27 heavy (non-hydrogen) atoms. The minimum Gasteiger partial charge on any atom is -0.493 e. The number of carbonyl (C=O) groups excluding carboxylic acids is 1. The Morgan fingerprint density at radius 3 is 2.48 bits per heavy atom. The average molecular weight is 388 g/mol. The molecule has 9 heteroatoms. The zero-order valence-corrected chi connectivity index (χ0v) is 15.1. The molecule has 138 valence electrons. The first kappa shape index (κ1) is 19.8. The van der Waals surface area contributed by atoms with Crippen molar-refractivity contribution < 1.29 is 19.2 Å². The van der Waals surface area contributed by atoms with Crippen LogP contribution in [-0.4, -0.2) is 25.1 Å². The topological polar surface area (TPSA) is 114 Å². The number of non-ortho nitro benzene ring substituents is 1. The Morgan fingerprint density at radius 1 is 1.22 bits per heavy atom. The van der Waals surface area contributed by atoms with E-state index >= 15 is 0 Å². The van der Waals surface area contributed by atoms with Gasteiger partial charge in [0, 0.05) is 12.1 Å². The summed E-state index contributed by atoms with van der Waals surface area (Å²) in [5.74, 6) is 0.251. The number of nitro benzene ring substituents is 1. The zero-order valence-electron chi connectivity index (χ0n) is 14.4. The van der Waals surface area contributed by atoms with Crippen LogP contribution in [0.4, 0.5) is 11.4 Å². The molecular formula is C18H14ClN3O5. The van der Waals surface area contributed by atoms with Gasteiger partial charge in [-0.1, -0.05) is 17.7 Å². The predicted octanol–water partition coefficient (Wildman–Crippen LogP) is 3.81. The summed E-state index contributed by atoms with van der Waals surface area (Å²) in [6, 6.07) is 10.3. The zero-order chi connectivity index (χ0) is 20.0. The lowest BCUT2D eigenvalue weighted by atomic mass is 10.1. The molecule has 2 aromatic carbocycles. The summed E-state index contributed by atoms with van der Waals surface area (Å²) in [4.78, 5) is 22.5. The molecule has 8 nitrogen and oxygen atoms in total. The number of nitriles is 1. The molecule has 2 aromatic rings. The van der Waals surface area contributed by atoms with Crippen LogP contribution >= 0.6 is 11.6 Å². The lowest BCUT2D eigenvalue weighted by molar-refractivity contribution is -0.384. The molecule has 0 aliphatic rings. The quantitative estimate of drug-likeness (QED) is 0.349. The van der Waals surface area contributed by atoms with Crippen LogP contribution in [0.1, 0.15) is 5.56 Å². The fourth-order valence-corrected chi connectivity index (χ4v) is 2.39. The van der Waals surface area contributed by atoms with Crippen molar-refractivity contribution in [3.05, 3.63) is 62.7 Å². The molecule has 0 aliphatic heterocycles. The highest BCUT2D eigenvalue weighted by molar-refractivity contribution is 6.34. The van der Waals surface area contributed by atoms with Crippen LogP contribution in [0.3, 0.4) is 0 Å². The lowest BCUT2D eigenvalue weighted by Crippen LogP contribution is -2.13. The normalized spacial score (nSPS) is 10.7. The van der Waals surface area contributed by atoms with Crippen LogP contribution in [0.5, 0.6) is 11.5 Å². The van der Waals surface area contributed by atoms with Gasteiger partial charge >= 0.3 is 0 Å². The molecule has 0 atom stereocenters. The molecule has 0 unspecified atom stereocenters. The SMILES string of the molecule is COc1ccc(/C=C(/C#N)C(=O)Nc2ccc([N+](=O)[O-])cc2Cl)cc1OC. The summed E-state index contributed by atoms with van der Waals surface area (Å²) >= 11 is 5.95. The standard InChI is InChI=1S/C18H14ClN3O5/c1-26-16-6-3-11(8-17(16)27-2)7-12(10-20)18(23)21-15-5-4-13(22(24)25)9-14(15)19/h3-9H,1-2H3,(H,21,23)/b12-7-. The fraction of sp³-hybridized carbons (Fsp3) is 0.111. The molecule has 0 heterocycles. The van der Waals surface area contributed by atoms with Gasteiger partial charge in [0.2, 0.25) is 0 Å². The van der Waals surface area contributed by atoms with E-state index in [0.717, 1.165) is 6.07 Å². The highest BCUT2D eigenvalue weighted by atomic mass is 35.5. The molecule has 2 rings (SSSR count). The number of rotatable bonds is 6. The van der Waals surface area contributed by atoms with E-state index in [-0.39, 0.29) is 22.0 Å². The first-order valence-corrected chi connectivity index (χ1v) is 7.86. The van der Waals surface area contributed by atoms with E-state index in [2.05, 4.69) is 5.32 Å². The van der Waals surface area contributed by atoms with E-state index in [0.29, 0.717) is 17.1 Å². The third-order valence-corrected chi connectivity index (χ3v) is 3.81. The Balaban J connectivity index is 2.27. The number of halogens is 1. The van der Waals surface area contributed by atoms with Gasteiger partial charge in [-0.05, 0) is 29.8 Å². The van der Waals surface area contributed by atoms with Gasteiger partial charge in [-0.25, -0.2) is 0 Å². The van der Waals surface area contributed by atoms with Crippen molar-refractivity contribution in [3.63, 3.8) is 0 Å². The van der Waals surface area contributed by atoms with Crippen LogP contribution in [0.2, 0.25) is 5.02 Å². The number of hydrogen-bond acceptors (Lipinski definition) is 6. The molecule has 0 aromatic heterocycles. The van der Waals surface area contributed by atoms with Crippen LogP contribution in [0, 0.1) is 21.4 Å². The van der Waals surface area contributed by atoms with Crippen molar-refractivity contribution in [2.24, 2.45) is 0 Å². The van der Waals surface area contributed by atoms with Gasteiger partial charge in [0.15, 0.2) is 11.5 Å². The number of methoxy groups -OCH3 is 2. The van der Waals surface area contributed by atoms with Crippen LogP contribution in [0.25, 0.3) is 6.08 Å². The van der Waals surface area contributed by atoms with Crippen molar-refractivity contribution in [3.8, 4) is 17.6 Å². The summed E-state index contributed by atoms with van der Waals surface area (Å²) in [5.41, 5.74) is 0.311. The Kier molecular flexibility index (Phi) is 6.36. The minimum atomic E-state index is -0.706. The maximum atomic E-state index is 12.3. The van der Waals surface area contributed by atoms with Gasteiger partial charge in [0.05, 0.1) is 29.9 Å². The summed E-state index contributed by atoms with van der Waals surface area (Å²) in [6.45, 7) is 0. The second-order valence-corrected chi connectivity index (χ2v) is 5.57. The molecule has 0 saturated heterocycles. The monoisotopic (exact) mass is 387 g/mol.